The molecule has 0 bridgehead atoms. The fourth-order valence-electron chi connectivity index (χ4n) is 2.35. The number of carbonyl (C=O) groups excluding carboxylic acids is 3. The topological polar surface area (TPSA) is 78.8 Å². The van der Waals surface area contributed by atoms with Gasteiger partial charge >= 0.3 is 6.03 Å². The molecule has 2 aromatic rings. The third kappa shape index (κ3) is 3.66. The van der Waals surface area contributed by atoms with E-state index in [0.717, 1.165) is 14.9 Å². The van der Waals surface area contributed by atoms with Crippen molar-refractivity contribution in [1.82, 2.24) is 5.32 Å². The molecule has 1 aliphatic heterocycles. The summed E-state index contributed by atoms with van der Waals surface area (Å²) in [4.78, 5) is 41.9. The lowest BCUT2D eigenvalue weighted by Crippen LogP contribution is -2.58. The van der Waals surface area contributed by atoms with Gasteiger partial charge < -0.3 is 0 Å². The summed E-state index contributed by atoms with van der Waals surface area (Å²) in [5.41, 5.74) is 2.00. The number of hydrogen-bond acceptors (Lipinski definition) is 4. The Morgan fingerprint density at radius 2 is 1.68 bits per heavy atom. The summed E-state index contributed by atoms with van der Waals surface area (Å²) < 4.78 is 0.897. The monoisotopic (exact) mass is 399 g/mol. The second-order valence-electron chi connectivity index (χ2n) is 5.54. The number of hydrogen-bond donors (Lipinski definition) is 1. The molecule has 1 N–H and O–H groups in total. The van der Waals surface area contributed by atoms with E-state index < -0.39 is 23.8 Å². The molecule has 3 rings (SSSR count). The number of amides is 4. The molecule has 6 nitrogen and oxygen atoms in total. The number of nitrogens with zero attached hydrogens (tertiary/aromatic N) is 2. The van der Waals surface area contributed by atoms with Gasteiger partial charge in [0.2, 0.25) is 5.91 Å². The van der Waals surface area contributed by atoms with Crippen LogP contribution in [0.4, 0.5) is 16.2 Å². The average molecular weight is 400 g/mol. The fourth-order valence-corrected chi connectivity index (χ4v) is 2.61. The maximum absolute atomic E-state index is 12.7. The van der Waals surface area contributed by atoms with E-state index in [9.17, 15) is 14.4 Å². The summed E-state index contributed by atoms with van der Waals surface area (Å²) in [6.45, 7) is 1.90. The number of urea groups is 1. The Morgan fingerprint density at radius 3 is 2.32 bits per heavy atom. The molecule has 1 aliphatic rings. The van der Waals surface area contributed by atoms with Gasteiger partial charge in [-0.05, 0) is 43.3 Å². The Balaban J connectivity index is 1.87. The quantitative estimate of drug-likeness (QED) is 0.634. The highest BCUT2D eigenvalue weighted by molar-refractivity contribution is 9.10. The zero-order chi connectivity index (χ0) is 18.0. The lowest BCUT2D eigenvalue weighted by molar-refractivity contribution is -0.131. The van der Waals surface area contributed by atoms with Crippen LogP contribution in [0, 0.1) is 12.8 Å². The Bertz CT molecular complexity index is 860. The van der Waals surface area contributed by atoms with Crippen molar-refractivity contribution in [2.45, 2.75) is 6.92 Å². The van der Waals surface area contributed by atoms with E-state index in [4.69, 9.17) is 0 Å². The van der Waals surface area contributed by atoms with Crippen molar-refractivity contribution in [3.8, 4) is 0 Å². The number of aryl methyl sites for hydroxylation is 1. The van der Waals surface area contributed by atoms with Crippen LogP contribution >= 0.6 is 15.9 Å². The van der Waals surface area contributed by atoms with Crippen LogP contribution in [-0.4, -0.2) is 24.1 Å². The first-order valence-corrected chi connectivity index (χ1v) is 8.30. The summed E-state index contributed by atoms with van der Waals surface area (Å²) in [5.74, 6) is -2.47. The minimum absolute atomic E-state index is 0.405. The van der Waals surface area contributed by atoms with Crippen molar-refractivity contribution in [2.75, 3.05) is 4.90 Å². The van der Waals surface area contributed by atoms with Gasteiger partial charge in [0.15, 0.2) is 5.92 Å². The zero-order valence-corrected chi connectivity index (χ0v) is 14.9. The van der Waals surface area contributed by atoms with Crippen molar-refractivity contribution >= 4 is 51.4 Å². The lowest BCUT2D eigenvalue weighted by Gasteiger charge is -2.28. The van der Waals surface area contributed by atoms with E-state index in [1.54, 1.807) is 48.5 Å². The molecular formula is C18H14BrN3O3. The Hall–Kier alpha value is -2.80. The third-order valence-electron chi connectivity index (χ3n) is 3.69. The van der Waals surface area contributed by atoms with E-state index in [1.807, 2.05) is 6.92 Å². The SMILES string of the molecule is Cc1ccc(N2C(=O)NC(=O)[C@@H](C=Nc3ccc(Br)cc3)C2=O)cc1. The number of imide groups is 2. The molecule has 1 heterocycles. The standard InChI is InChI=1S/C18H14BrN3O3/c1-11-2-8-14(9-3-11)22-17(24)15(16(23)21-18(22)25)10-20-13-6-4-12(19)5-7-13/h2-10,15H,1H3,(H,21,23,25)/t15-/m1/s1. The van der Waals surface area contributed by atoms with Gasteiger partial charge in [-0.3, -0.25) is 19.9 Å². The van der Waals surface area contributed by atoms with Gasteiger partial charge in [0.1, 0.15) is 0 Å². The van der Waals surface area contributed by atoms with Crippen molar-refractivity contribution in [2.24, 2.45) is 10.9 Å². The second-order valence-corrected chi connectivity index (χ2v) is 6.45. The molecule has 4 amide bonds. The summed E-state index contributed by atoms with van der Waals surface area (Å²) in [6.07, 6.45) is 1.26. The Labute approximate surface area is 152 Å². The molecule has 0 spiro atoms. The van der Waals surface area contributed by atoms with Crippen LogP contribution in [0.5, 0.6) is 0 Å². The molecule has 1 fully saturated rings. The normalized spacial score (nSPS) is 17.9. The van der Waals surface area contributed by atoms with Gasteiger partial charge in [0.25, 0.3) is 5.91 Å². The number of barbiturate groups is 1. The first kappa shape index (κ1) is 17.0. The van der Waals surface area contributed by atoms with Crippen LogP contribution in [0.3, 0.4) is 0 Å². The van der Waals surface area contributed by atoms with E-state index in [0.29, 0.717) is 11.4 Å². The number of anilines is 1. The molecule has 0 aliphatic carbocycles. The lowest BCUT2D eigenvalue weighted by atomic mass is 10.1. The van der Waals surface area contributed by atoms with E-state index in [1.165, 1.54) is 6.21 Å². The maximum Gasteiger partial charge on any atom is 0.335 e. The maximum atomic E-state index is 12.7. The number of carbonyl (C=O) groups is 3. The van der Waals surface area contributed by atoms with Gasteiger partial charge in [-0.15, -0.1) is 0 Å². The number of benzene rings is 2. The highest BCUT2D eigenvalue weighted by Crippen LogP contribution is 2.22. The molecule has 0 unspecified atom stereocenters. The van der Waals surface area contributed by atoms with Gasteiger partial charge in [-0.1, -0.05) is 33.6 Å². The van der Waals surface area contributed by atoms with Gasteiger partial charge in [0, 0.05) is 10.7 Å². The van der Waals surface area contributed by atoms with Crippen LogP contribution < -0.4 is 10.2 Å². The molecule has 0 saturated carbocycles. The van der Waals surface area contributed by atoms with Crippen LogP contribution in [0.15, 0.2) is 58.0 Å². The van der Waals surface area contributed by atoms with Gasteiger partial charge in [-0.25, -0.2) is 9.69 Å². The molecular weight excluding hydrogens is 386 g/mol. The van der Waals surface area contributed by atoms with Crippen molar-refractivity contribution in [3.63, 3.8) is 0 Å². The predicted molar refractivity (Wildman–Crippen MR) is 98.0 cm³/mol. The predicted octanol–water partition coefficient (Wildman–Crippen LogP) is 3.36. The van der Waals surface area contributed by atoms with Crippen molar-refractivity contribution in [1.29, 1.82) is 0 Å². The largest absolute Gasteiger partial charge is 0.335 e. The fraction of sp³-hybridized carbons (Fsp3) is 0.111. The molecule has 7 heteroatoms. The number of aliphatic imine (C=N–C) groups is 1. The first-order chi connectivity index (χ1) is 12.0. The minimum Gasteiger partial charge on any atom is -0.276 e. The summed E-state index contributed by atoms with van der Waals surface area (Å²) in [6, 6.07) is 13.2. The Morgan fingerprint density at radius 1 is 1.04 bits per heavy atom. The van der Waals surface area contributed by atoms with Gasteiger partial charge in [0.05, 0.1) is 11.4 Å². The zero-order valence-electron chi connectivity index (χ0n) is 13.3. The number of halogens is 1. The summed E-state index contributed by atoms with van der Waals surface area (Å²) >= 11 is 3.32. The highest BCUT2D eigenvalue weighted by Gasteiger charge is 2.40. The van der Waals surface area contributed by atoms with E-state index in [2.05, 4.69) is 26.2 Å². The van der Waals surface area contributed by atoms with Crippen LogP contribution in [0.25, 0.3) is 0 Å². The van der Waals surface area contributed by atoms with Crippen LogP contribution in [0.1, 0.15) is 5.56 Å². The molecule has 0 radical (unpaired) electrons. The first-order valence-electron chi connectivity index (χ1n) is 7.51. The molecule has 25 heavy (non-hydrogen) atoms. The minimum atomic E-state index is -1.16. The molecule has 0 aromatic heterocycles. The number of nitrogens with one attached hydrogen (secondary N) is 1. The molecule has 2 aromatic carbocycles. The molecule has 1 saturated heterocycles. The Kier molecular flexibility index (Phi) is 4.76. The van der Waals surface area contributed by atoms with E-state index >= 15 is 0 Å². The molecule has 1 atom stereocenters. The van der Waals surface area contributed by atoms with Crippen molar-refractivity contribution in [3.05, 3.63) is 58.6 Å². The average Bonchev–Trinajstić information content (AvgIpc) is 2.57. The van der Waals surface area contributed by atoms with Gasteiger partial charge in [-0.2, -0.15) is 0 Å². The van der Waals surface area contributed by atoms with Crippen LogP contribution in [-0.2, 0) is 9.59 Å². The highest BCUT2D eigenvalue weighted by atomic mass is 79.9. The van der Waals surface area contributed by atoms with Crippen LogP contribution in [0.2, 0.25) is 0 Å². The molecule has 126 valence electrons. The summed E-state index contributed by atoms with van der Waals surface area (Å²) in [7, 11) is 0. The smallest absolute Gasteiger partial charge is 0.276 e. The number of rotatable bonds is 3. The third-order valence-corrected chi connectivity index (χ3v) is 4.22. The van der Waals surface area contributed by atoms with E-state index in [-0.39, 0.29) is 0 Å². The second kappa shape index (κ2) is 6.98. The van der Waals surface area contributed by atoms with Crippen molar-refractivity contribution < 1.29 is 14.4 Å². The summed E-state index contributed by atoms with van der Waals surface area (Å²) in [5, 5.41) is 2.20.